The number of fused-ring (bicyclic) bond motifs is 1. The highest BCUT2D eigenvalue weighted by atomic mass is 79.9. The number of benzene rings is 3. The van der Waals surface area contributed by atoms with E-state index in [-0.39, 0.29) is 23.3 Å². The number of hydrogen-bond acceptors (Lipinski definition) is 6. The Morgan fingerprint density at radius 3 is 2.59 bits per heavy atom. The van der Waals surface area contributed by atoms with Crippen molar-refractivity contribution in [2.75, 3.05) is 19.6 Å². The molecule has 1 N–H and O–H groups in total. The molecule has 0 aromatic heterocycles. The molecule has 0 amide bonds. The quantitative estimate of drug-likeness (QED) is 0.286. The monoisotopic (exact) mass is 495 g/mol. The number of nitrogens with one attached hydrogen (secondary N) is 1. The molecule has 0 heterocycles. The average Bonchev–Trinajstić information content (AvgIpc) is 2.72. The topological polar surface area (TPSA) is 81.7 Å². The number of ether oxygens (including phenoxy) is 2. The molecule has 6 nitrogen and oxygen atoms in total. The lowest BCUT2D eigenvalue weighted by Gasteiger charge is -2.13. The standard InChI is InChI=1S/C20H18BrNO5S2/c1-26-20(23)12-28-15-10-14-6-2-3-7-16(14)18(11-15)27-13-22-29(24,25)19-9-5-4-8-17(19)21/h2-11,22H,12-13H2,1H3. The highest BCUT2D eigenvalue weighted by molar-refractivity contribution is 9.10. The molecule has 0 saturated heterocycles. The largest absolute Gasteiger partial charge is 0.477 e. The summed E-state index contributed by atoms with van der Waals surface area (Å²) in [4.78, 5) is 12.4. The molecular weight excluding hydrogens is 478 g/mol. The summed E-state index contributed by atoms with van der Waals surface area (Å²) in [5.74, 6) is 0.361. The highest BCUT2D eigenvalue weighted by Gasteiger charge is 2.17. The van der Waals surface area contributed by atoms with Crippen molar-refractivity contribution < 1.29 is 22.7 Å². The lowest BCUT2D eigenvalue weighted by atomic mass is 10.1. The van der Waals surface area contributed by atoms with Crippen LogP contribution < -0.4 is 9.46 Å². The third-order valence-electron chi connectivity index (χ3n) is 3.98. The zero-order valence-electron chi connectivity index (χ0n) is 15.4. The van der Waals surface area contributed by atoms with Crippen molar-refractivity contribution in [2.24, 2.45) is 0 Å². The first kappa shape index (κ1) is 21.6. The molecule has 0 saturated carbocycles. The first-order valence-corrected chi connectivity index (χ1v) is 11.8. The van der Waals surface area contributed by atoms with E-state index in [1.165, 1.54) is 24.9 Å². The first-order chi connectivity index (χ1) is 13.9. The minimum atomic E-state index is -3.74. The van der Waals surface area contributed by atoms with Gasteiger partial charge in [0.25, 0.3) is 0 Å². The number of methoxy groups -OCH3 is 1. The molecule has 29 heavy (non-hydrogen) atoms. The Bertz CT molecular complexity index is 1130. The van der Waals surface area contributed by atoms with Gasteiger partial charge in [0, 0.05) is 14.8 Å². The van der Waals surface area contributed by atoms with Crippen LogP contribution in [0.2, 0.25) is 0 Å². The van der Waals surface area contributed by atoms with Crippen LogP contribution in [0.5, 0.6) is 5.75 Å². The molecule has 0 aliphatic carbocycles. The molecule has 0 spiro atoms. The van der Waals surface area contributed by atoms with Crippen molar-refractivity contribution in [1.82, 2.24) is 4.72 Å². The second-order valence-electron chi connectivity index (χ2n) is 5.87. The van der Waals surface area contributed by atoms with Gasteiger partial charge in [-0.25, -0.2) is 8.42 Å². The maximum Gasteiger partial charge on any atom is 0.315 e. The second-order valence-corrected chi connectivity index (χ2v) is 9.51. The van der Waals surface area contributed by atoms with E-state index in [1.807, 2.05) is 30.3 Å². The van der Waals surface area contributed by atoms with Gasteiger partial charge in [0.2, 0.25) is 10.0 Å². The van der Waals surface area contributed by atoms with Crippen LogP contribution in [0.15, 0.2) is 74.9 Å². The van der Waals surface area contributed by atoms with Gasteiger partial charge in [-0.05, 0) is 45.6 Å². The van der Waals surface area contributed by atoms with E-state index in [0.29, 0.717) is 10.2 Å². The summed E-state index contributed by atoms with van der Waals surface area (Å²) in [6.45, 7) is -0.237. The van der Waals surface area contributed by atoms with Gasteiger partial charge in [-0.1, -0.05) is 36.4 Å². The third-order valence-corrected chi connectivity index (χ3v) is 7.32. The number of sulfonamides is 1. The van der Waals surface area contributed by atoms with Gasteiger partial charge >= 0.3 is 5.97 Å². The Kier molecular flexibility index (Phi) is 7.18. The molecule has 3 aromatic carbocycles. The first-order valence-electron chi connectivity index (χ1n) is 8.50. The fraction of sp³-hybridized carbons (Fsp3) is 0.150. The fourth-order valence-corrected chi connectivity index (χ4v) is 5.26. The molecule has 0 atom stereocenters. The molecule has 0 unspecified atom stereocenters. The highest BCUT2D eigenvalue weighted by Crippen LogP contribution is 2.32. The number of esters is 1. The number of thioether (sulfide) groups is 1. The number of hydrogen-bond donors (Lipinski definition) is 1. The van der Waals surface area contributed by atoms with E-state index in [1.54, 1.807) is 24.3 Å². The molecule has 0 radical (unpaired) electrons. The normalized spacial score (nSPS) is 11.4. The minimum Gasteiger partial charge on any atom is -0.477 e. The van der Waals surface area contributed by atoms with Crippen LogP contribution in [0, 0.1) is 0 Å². The van der Waals surface area contributed by atoms with E-state index in [4.69, 9.17) is 4.74 Å². The second kappa shape index (κ2) is 9.62. The van der Waals surface area contributed by atoms with Gasteiger partial charge in [-0.2, -0.15) is 4.72 Å². The van der Waals surface area contributed by atoms with Gasteiger partial charge in [0.15, 0.2) is 6.73 Å². The third kappa shape index (κ3) is 5.51. The molecule has 152 valence electrons. The van der Waals surface area contributed by atoms with Crippen LogP contribution in [0.25, 0.3) is 10.8 Å². The summed E-state index contributed by atoms with van der Waals surface area (Å²) in [6.07, 6.45) is 0. The Labute approximate surface area is 181 Å². The van der Waals surface area contributed by atoms with E-state index >= 15 is 0 Å². The van der Waals surface area contributed by atoms with Crippen LogP contribution in [-0.4, -0.2) is 34.0 Å². The Morgan fingerprint density at radius 1 is 1.10 bits per heavy atom. The minimum absolute atomic E-state index is 0.135. The predicted molar refractivity (Wildman–Crippen MR) is 117 cm³/mol. The number of carbonyl (C=O) groups is 1. The Balaban J connectivity index is 1.78. The zero-order valence-corrected chi connectivity index (χ0v) is 18.6. The van der Waals surface area contributed by atoms with Gasteiger partial charge in [0.1, 0.15) is 5.75 Å². The molecule has 3 aromatic rings. The maximum absolute atomic E-state index is 12.5. The zero-order chi connectivity index (χ0) is 20.9. The summed E-state index contributed by atoms with van der Waals surface area (Å²) in [5.41, 5.74) is 0. The van der Waals surface area contributed by atoms with Crippen LogP contribution in [0.4, 0.5) is 0 Å². The van der Waals surface area contributed by atoms with Gasteiger partial charge < -0.3 is 9.47 Å². The molecule has 0 aliphatic rings. The van der Waals surface area contributed by atoms with Crippen molar-refractivity contribution in [3.05, 3.63) is 65.1 Å². The van der Waals surface area contributed by atoms with Crippen LogP contribution in [0.3, 0.4) is 0 Å². The maximum atomic E-state index is 12.5. The number of rotatable bonds is 8. The van der Waals surface area contributed by atoms with Crippen molar-refractivity contribution in [2.45, 2.75) is 9.79 Å². The lowest BCUT2D eigenvalue weighted by molar-refractivity contribution is -0.137. The Hall–Kier alpha value is -2.07. The molecular formula is C20H18BrNO5S2. The number of carbonyl (C=O) groups excluding carboxylic acids is 1. The van der Waals surface area contributed by atoms with E-state index in [0.717, 1.165) is 15.7 Å². The van der Waals surface area contributed by atoms with Gasteiger partial charge in [-0.15, -0.1) is 11.8 Å². The summed E-state index contributed by atoms with van der Waals surface area (Å²) in [6, 6.07) is 17.9. The molecule has 0 aliphatic heterocycles. The molecule has 3 rings (SSSR count). The predicted octanol–water partition coefficient (Wildman–Crippen LogP) is 4.18. The number of halogens is 1. The van der Waals surface area contributed by atoms with Crippen molar-refractivity contribution >= 4 is 54.5 Å². The van der Waals surface area contributed by atoms with E-state index in [2.05, 4.69) is 25.4 Å². The van der Waals surface area contributed by atoms with Gasteiger partial charge in [0.05, 0.1) is 17.8 Å². The van der Waals surface area contributed by atoms with Crippen LogP contribution in [0.1, 0.15) is 0 Å². The van der Waals surface area contributed by atoms with Crippen molar-refractivity contribution in [3.63, 3.8) is 0 Å². The molecule has 9 heteroatoms. The Morgan fingerprint density at radius 2 is 1.83 bits per heavy atom. The van der Waals surface area contributed by atoms with Crippen LogP contribution >= 0.6 is 27.7 Å². The SMILES string of the molecule is COC(=O)CSc1cc(OCNS(=O)(=O)c2ccccc2Br)c2ccccc2c1. The lowest BCUT2D eigenvalue weighted by Crippen LogP contribution is -2.28. The summed E-state index contributed by atoms with van der Waals surface area (Å²) < 4.78 is 38.4. The van der Waals surface area contributed by atoms with Crippen molar-refractivity contribution in [3.8, 4) is 5.75 Å². The smallest absolute Gasteiger partial charge is 0.315 e. The van der Waals surface area contributed by atoms with Crippen LogP contribution in [-0.2, 0) is 19.6 Å². The summed E-state index contributed by atoms with van der Waals surface area (Å²) in [7, 11) is -2.40. The molecule has 0 fully saturated rings. The summed E-state index contributed by atoms with van der Waals surface area (Å²) in [5, 5.41) is 1.76. The van der Waals surface area contributed by atoms with E-state index in [9.17, 15) is 13.2 Å². The van der Waals surface area contributed by atoms with Crippen molar-refractivity contribution in [1.29, 1.82) is 0 Å². The fourth-order valence-electron chi connectivity index (χ4n) is 2.58. The van der Waals surface area contributed by atoms with E-state index < -0.39 is 10.0 Å². The summed E-state index contributed by atoms with van der Waals surface area (Å²) >= 11 is 4.57. The molecule has 0 bridgehead atoms. The van der Waals surface area contributed by atoms with Gasteiger partial charge in [-0.3, -0.25) is 4.79 Å². The average molecular weight is 496 g/mol.